The van der Waals surface area contributed by atoms with E-state index >= 15 is 0 Å². The topological polar surface area (TPSA) is 17.1 Å². The summed E-state index contributed by atoms with van der Waals surface area (Å²) in [6.07, 6.45) is 1.60. The molecule has 0 aromatic heterocycles. The van der Waals surface area contributed by atoms with Crippen molar-refractivity contribution in [1.29, 1.82) is 0 Å². The van der Waals surface area contributed by atoms with Crippen LogP contribution < -0.4 is 0 Å². The van der Waals surface area contributed by atoms with Crippen LogP contribution in [0.2, 0.25) is 0 Å². The van der Waals surface area contributed by atoms with Gasteiger partial charge in [-0.1, -0.05) is 47.8 Å². The van der Waals surface area contributed by atoms with Crippen molar-refractivity contribution >= 4 is 54.1 Å². The van der Waals surface area contributed by atoms with Crippen LogP contribution in [0.25, 0.3) is 0 Å². The summed E-state index contributed by atoms with van der Waals surface area (Å²) in [5.74, 6) is 0. The predicted octanol–water partition coefficient (Wildman–Crippen LogP) is 1.93. The Bertz CT molecular complexity index is 58.4. The summed E-state index contributed by atoms with van der Waals surface area (Å²) in [4.78, 5) is 9.56. The Morgan fingerprint density at radius 2 is 1.43 bits per heavy atom. The minimum atomic E-state index is -0.826. The maximum absolute atomic E-state index is 9.56. The first-order valence-electron chi connectivity index (χ1n) is 1.02. The Labute approximate surface area is 92.3 Å². The van der Waals surface area contributed by atoms with Crippen LogP contribution >= 0.6 is 47.8 Å². The Kier molecular flexibility index (Phi) is 8.59. The minimum absolute atomic E-state index is 0. The molecule has 5 heteroatoms. The summed E-state index contributed by atoms with van der Waals surface area (Å²) in [6.45, 7) is 0. The first kappa shape index (κ1) is 11.9. The van der Waals surface area contributed by atoms with E-state index in [9.17, 15) is 4.79 Å². The molecule has 1 nitrogen and oxygen atoms in total. The second-order valence-electron chi connectivity index (χ2n) is 0.600. The fourth-order valence-corrected chi connectivity index (χ4v) is 0. The van der Waals surface area contributed by atoms with Crippen molar-refractivity contribution in [2.75, 3.05) is 0 Å². The fourth-order valence-electron chi connectivity index (χ4n) is 0. The molecular formula is C2Br3OY-. The third kappa shape index (κ3) is 11.7. The van der Waals surface area contributed by atoms with E-state index in [0.717, 1.165) is 0 Å². The smallest absolute Gasteiger partial charge is 0.0428 e. The molecule has 0 saturated carbocycles. The van der Waals surface area contributed by atoms with Gasteiger partial charge in [-0.05, 0) is 0 Å². The summed E-state index contributed by atoms with van der Waals surface area (Å²) >= 11 is 8.66. The van der Waals surface area contributed by atoms with Gasteiger partial charge in [-0.25, -0.2) is 6.29 Å². The molecule has 0 aliphatic heterocycles. The Morgan fingerprint density at radius 3 is 1.43 bits per heavy atom. The molecule has 1 radical (unpaired) electrons. The van der Waals surface area contributed by atoms with Crippen LogP contribution in [-0.2, 0) is 37.5 Å². The van der Waals surface area contributed by atoms with Crippen molar-refractivity contribution < 1.29 is 37.5 Å². The van der Waals surface area contributed by atoms with Crippen molar-refractivity contribution in [3.05, 3.63) is 0 Å². The molecule has 39 valence electrons. The SMILES string of the molecule is O=[C-]C(Br)(Br)Br.[Y]. The number of hydrogen-bond acceptors (Lipinski definition) is 1. The van der Waals surface area contributed by atoms with Crippen LogP contribution in [0.15, 0.2) is 0 Å². The first-order valence-corrected chi connectivity index (χ1v) is 3.40. The average Bonchev–Trinajstić information content (AvgIpc) is 1.35. The van der Waals surface area contributed by atoms with Crippen LogP contribution in [0.4, 0.5) is 0 Å². The van der Waals surface area contributed by atoms with E-state index in [-0.39, 0.29) is 32.7 Å². The van der Waals surface area contributed by atoms with E-state index in [1.54, 1.807) is 6.29 Å². The molecule has 7 heavy (non-hydrogen) atoms. The van der Waals surface area contributed by atoms with Gasteiger partial charge in [-0.3, -0.25) is 0 Å². The van der Waals surface area contributed by atoms with Gasteiger partial charge in [0, 0.05) is 34.9 Å². The number of carbonyl (C=O) groups excluding carboxylic acids is 1. The normalized spacial score (nSPS) is 9.57. The van der Waals surface area contributed by atoms with Crippen molar-refractivity contribution in [3.8, 4) is 0 Å². The summed E-state index contributed by atoms with van der Waals surface area (Å²) in [5.41, 5.74) is 0. The van der Waals surface area contributed by atoms with Gasteiger partial charge in [-0.15, -0.1) is 0 Å². The van der Waals surface area contributed by atoms with Gasteiger partial charge in [0.2, 0.25) is 0 Å². The molecule has 0 amide bonds. The summed E-state index contributed by atoms with van der Waals surface area (Å²) < 4.78 is -0.826. The quantitative estimate of drug-likeness (QED) is 0.472. The zero-order valence-electron chi connectivity index (χ0n) is 3.12. The van der Waals surface area contributed by atoms with Crippen LogP contribution in [0.5, 0.6) is 0 Å². The van der Waals surface area contributed by atoms with Gasteiger partial charge < -0.3 is 4.79 Å². The Morgan fingerprint density at radius 1 is 1.29 bits per heavy atom. The van der Waals surface area contributed by atoms with Crippen LogP contribution in [0.1, 0.15) is 0 Å². The van der Waals surface area contributed by atoms with Crippen LogP contribution in [-0.4, -0.2) is 8.43 Å². The van der Waals surface area contributed by atoms with E-state index in [0.29, 0.717) is 0 Å². The molecule has 0 aliphatic rings. The number of halogens is 3. The van der Waals surface area contributed by atoms with Crippen LogP contribution in [0, 0.1) is 0 Å². The van der Waals surface area contributed by atoms with Crippen molar-refractivity contribution in [3.63, 3.8) is 0 Å². The maximum Gasteiger partial charge on any atom is 0.0428 e. The van der Waals surface area contributed by atoms with Crippen molar-refractivity contribution in [1.82, 2.24) is 0 Å². The number of hydrogen-bond donors (Lipinski definition) is 0. The third-order valence-electron chi connectivity index (χ3n) is 0.116. The summed E-state index contributed by atoms with van der Waals surface area (Å²) in [7, 11) is 0. The first-order chi connectivity index (χ1) is 2.56. The predicted molar refractivity (Wildman–Crippen MR) is 35.2 cm³/mol. The number of rotatable bonds is 0. The molecule has 0 aromatic carbocycles. The molecule has 0 N–H and O–H groups in total. The van der Waals surface area contributed by atoms with Gasteiger partial charge in [0.1, 0.15) is 0 Å². The minimum Gasteiger partial charge on any atom is -0.539 e. The molecule has 0 bridgehead atoms. The van der Waals surface area contributed by atoms with E-state index in [4.69, 9.17) is 0 Å². The van der Waals surface area contributed by atoms with Gasteiger partial charge in [0.25, 0.3) is 0 Å². The van der Waals surface area contributed by atoms with E-state index in [1.807, 2.05) is 0 Å². The van der Waals surface area contributed by atoms with Gasteiger partial charge in [0.05, 0.1) is 0 Å². The second-order valence-corrected chi connectivity index (χ2v) is 7.36. The molecule has 0 heterocycles. The molecule has 0 rings (SSSR count). The standard InChI is InChI=1S/C2Br3O.Y/c3-2(4,5)1-6;/q-1;. The van der Waals surface area contributed by atoms with Crippen LogP contribution in [0.3, 0.4) is 0 Å². The maximum atomic E-state index is 9.56. The largest absolute Gasteiger partial charge is 0.539 e. The molecule has 0 unspecified atom stereocenters. The Hall–Kier alpha value is 2.21. The molecule has 0 spiro atoms. The van der Waals surface area contributed by atoms with Gasteiger partial charge >= 0.3 is 0 Å². The van der Waals surface area contributed by atoms with Gasteiger partial charge in [-0.2, -0.15) is 0 Å². The van der Waals surface area contributed by atoms with E-state index in [1.165, 1.54) is 0 Å². The van der Waals surface area contributed by atoms with Gasteiger partial charge in [0.15, 0.2) is 0 Å². The molecule has 0 fully saturated rings. The number of alkyl halides is 3. The zero-order valence-corrected chi connectivity index (χ0v) is 10.7. The average molecular weight is 369 g/mol. The molecule has 0 aliphatic carbocycles. The molecular weight excluding hydrogens is 369 g/mol. The molecule has 0 atom stereocenters. The Balaban J connectivity index is 0. The fraction of sp³-hybridized carbons (Fsp3) is 0.500. The molecule has 0 saturated heterocycles. The molecule has 0 aromatic rings. The van der Waals surface area contributed by atoms with Crippen molar-refractivity contribution in [2.24, 2.45) is 0 Å². The summed E-state index contributed by atoms with van der Waals surface area (Å²) in [6, 6.07) is 0. The van der Waals surface area contributed by atoms with E-state index in [2.05, 4.69) is 47.8 Å². The second kappa shape index (κ2) is 5.04. The van der Waals surface area contributed by atoms with Crippen molar-refractivity contribution in [2.45, 2.75) is 2.14 Å². The third-order valence-corrected chi connectivity index (χ3v) is 0.601. The monoisotopic (exact) mass is 366 g/mol. The summed E-state index contributed by atoms with van der Waals surface area (Å²) in [5, 5.41) is 0. The zero-order chi connectivity index (χ0) is 5.21. The van der Waals surface area contributed by atoms with E-state index < -0.39 is 2.14 Å².